The maximum Gasteiger partial charge on any atom is 0.258 e. The minimum absolute atomic E-state index is 0.323. The largest absolute Gasteiger partial charge is 0.289 e. The van der Waals surface area contributed by atoms with E-state index in [0.717, 1.165) is 5.56 Å². The van der Waals surface area contributed by atoms with Gasteiger partial charge in [0.15, 0.2) is 0 Å². The maximum atomic E-state index is 11.2. The summed E-state index contributed by atoms with van der Waals surface area (Å²) in [4.78, 5) is 22.0. The van der Waals surface area contributed by atoms with Gasteiger partial charge in [-0.1, -0.05) is 105 Å². The molecule has 4 nitrogen and oxygen atoms in total. The predicted molar refractivity (Wildman–Crippen MR) is 120 cm³/mol. The van der Waals surface area contributed by atoms with Crippen molar-refractivity contribution in [1.29, 1.82) is 5.26 Å². The Bertz CT molecular complexity index is 883. The van der Waals surface area contributed by atoms with E-state index in [2.05, 4.69) is 31.6 Å². The van der Waals surface area contributed by atoms with Crippen molar-refractivity contribution < 1.29 is 9.59 Å². The van der Waals surface area contributed by atoms with Crippen molar-refractivity contribution >= 4 is 23.5 Å². The summed E-state index contributed by atoms with van der Waals surface area (Å²) in [7, 11) is 0. The monoisotopic (exact) mass is 384 g/mol. The number of carbonyl (C=O) groups excluding carboxylic acids is 2. The van der Waals surface area contributed by atoms with Gasteiger partial charge in [-0.2, -0.15) is 5.26 Å². The number of allylic oxidation sites excluding steroid dienone is 3. The Labute approximate surface area is 172 Å². The van der Waals surface area contributed by atoms with Crippen LogP contribution in [-0.2, 0) is 9.59 Å². The van der Waals surface area contributed by atoms with Crippen molar-refractivity contribution in [1.82, 2.24) is 5.32 Å². The zero-order valence-corrected chi connectivity index (χ0v) is 16.3. The Kier molecular flexibility index (Phi) is 13.6. The van der Waals surface area contributed by atoms with Gasteiger partial charge in [0.05, 0.1) is 11.6 Å². The van der Waals surface area contributed by atoms with Crippen molar-refractivity contribution in [3.63, 3.8) is 0 Å². The van der Waals surface area contributed by atoms with Gasteiger partial charge in [0.25, 0.3) is 11.8 Å². The van der Waals surface area contributed by atoms with Gasteiger partial charge in [-0.3, -0.25) is 14.9 Å². The molecule has 0 saturated heterocycles. The van der Waals surface area contributed by atoms with E-state index in [4.69, 9.17) is 5.26 Å². The molecular formula is C25H24N2O2. The SMILES string of the molecule is C=CC#N.C=CC=C.C=Cc1ccccc1.O=C1C=C(c2ccccc2)C(=O)N1. The lowest BCUT2D eigenvalue weighted by Gasteiger charge is -1.97. The first kappa shape index (κ1) is 24.8. The summed E-state index contributed by atoms with van der Waals surface area (Å²) in [5.74, 6) is -0.667. The molecule has 0 unspecified atom stereocenters. The van der Waals surface area contributed by atoms with Crippen LogP contribution in [0.25, 0.3) is 11.6 Å². The first-order valence-electron chi connectivity index (χ1n) is 8.57. The first-order chi connectivity index (χ1) is 14.0. The lowest BCUT2D eigenvalue weighted by molar-refractivity contribution is -0.123. The molecule has 0 aromatic heterocycles. The van der Waals surface area contributed by atoms with E-state index in [0.29, 0.717) is 5.57 Å². The minimum Gasteiger partial charge on any atom is -0.289 e. The highest BCUT2D eigenvalue weighted by Gasteiger charge is 2.21. The number of benzene rings is 2. The molecule has 0 fully saturated rings. The second-order valence-corrected chi connectivity index (χ2v) is 5.16. The average Bonchev–Trinajstić information content (AvgIpc) is 3.13. The molecule has 146 valence electrons. The number of carbonyl (C=O) groups is 2. The summed E-state index contributed by atoms with van der Waals surface area (Å²) in [6, 6.07) is 20.8. The summed E-state index contributed by atoms with van der Waals surface area (Å²) >= 11 is 0. The molecular weight excluding hydrogens is 360 g/mol. The maximum absolute atomic E-state index is 11.2. The highest BCUT2D eigenvalue weighted by atomic mass is 16.2. The fraction of sp³-hybridized carbons (Fsp3) is 0. The number of hydrogen-bond acceptors (Lipinski definition) is 3. The molecule has 0 radical (unpaired) electrons. The van der Waals surface area contributed by atoms with Gasteiger partial charge in [-0.15, -0.1) is 0 Å². The van der Waals surface area contributed by atoms with E-state index in [1.165, 1.54) is 17.7 Å². The lowest BCUT2D eigenvalue weighted by Crippen LogP contribution is -2.21. The molecule has 1 aliphatic heterocycles. The highest BCUT2D eigenvalue weighted by Crippen LogP contribution is 2.16. The number of nitriles is 1. The molecule has 3 rings (SSSR count). The topological polar surface area (TPSA) is 70.0 Å². The quantitative estimate of drug-likeness (QED) is 0.454. The van der Waals surface area contributed by atoms with Crippen LogP contribution >= 0.6 is 0 Å². The van der Waals surface area contributed by atoms with Crippen LogP contribution in [0.15, 0.2) is 111 Å². The Balaban J connectivity index is 0.000000419. The summed E-state index contributed by atoms with van der Waals surface area (Å²) in [5.41, 5.74) is 2.38. The van der Waals surface area contributed by atoms with Crippen LogP contribution in [-0.4, -0.2) is 11.8 Å². The Morgan fingerprint density at radius 3 is 1.62 bits per heavy atom. The van der Waals surface area contributed by atoms with Crippen molar-refractivity contribution in [2.24, 2.45) is 0 Å². The zero-order valence-electron chi connectivity index (χ0n) is 16.3. The van der Waals surface area contributed by atoms with Gasteiger partial charge in [0.2, 0.25) is 0 Å². The van der Waals surface area contributed by atoms with Gasteiger partial charge >= 0.3 is 0 Å². The van der Waals surface area contributed by atoms with Crippen molar-refractivity contribution in [3.05, 3.63) is 122 Å². The number of nitrogens with zero attached hydrogens (tertiary/aromatic N) is 1. The first-order valence-corrected chi connectivity index (χ1v) is 8.57. The van der Waals surface area contributed by atoms with Crippen LogP contribution in [0.5, 0.6) is 0 Å². The molecule has 1 N–H and O–H groups in total. The standard InChI is InChI=1S/C10H7NO2.C8H8.C4H6.C3H3N/c12-9-6-8(10(13)11-9)7-4-2-1-3-5-7;1-2-8-6-4-3-5-7-8;1-3-4-2;1-2-3-4/h1-6H,(H,11,12,13);2-7H,1H2;3-4H,1-2H2;2H,1H2. The molecule has 0 aliphatic carbocycles. The van der Waals surface area contributed by atoms with E-state index < -0.39 is 0 Å². The summed E-state index contributed by atoms with van der Waals surface area (Å²) in [6.07, 6.45) is 7.61. The Morgan fingerprint density at radius 2 is 1.31 bits per heavy atom. The van der Waals surface area contributed by atoms with Crippen LogP contribution in [0.3, 0.4) is 0 Å². The van der Waals surface area contributed by atoms with E-state index >= 15 is 0 Å². The third-order valence-electron chi connectivity index (χ3n) is 3.13. The summed E-state index contributed by atoms with van der Waals surface area (Å²) in [6.45, 7) is 13.5. The average molecular weight is 384 g/mol. The van der Waals surface area contributed by atoms with Gasteiger partial charge < -0.3 is 0 Å². The predicted octanol–water partition coefficient (Wildman–Crippen LogP) is 5.11. The van der Waals surface area contributed by atoms with Crippen molar-refractivity contribution in [2.45, 2.75) is 0 Å². The summed E-state index contributed by atoms with van der Waals surface area (Å²) in [5, 5.41) is 9.70. The molecule has 2 amide bonds. The van der Waals surface area contributed by atoms with Crippen LogP contribution in [0.2, 0.25) is 0 Å². The fourth-order valence-electron chi connectivity index (χ4n) is 1.83. The van der Waals surface area contributed by atoms with Crippen LogP contribution in [0, 0.1) is 11.3 Å². The second kappa shape index (κ2) is 16.0. The number of imide groups is 1. The number of rotatable bonds is 3. The third kappa shape index (κ3) is 11.2. The third-order valence-corrected chi connectivity index (χ3v) is 3.13. The molecule has 0 spiro atoms. The molecule has 1 aliphatic rings. The van der Waals surface area contributed by atoms with E-state index in [1.807, 2.05) is 54.6 Å². The molecule has 2 aromatic carbocycles. The molecule has 0 bridgehead atoms. The van der Waals surface area contributed by atoms with Crippen LogP contribution in [0.1, 0.15) is 11.1 Å². The second-order valence-electron chi connectivity index (χ2n) is 5.16. The van der Waals surface area contributed by atoms with E-state index in [1.54, 1.807) is 30.4 Å². The van der Waals surface area contributed by atoms with Gasteiger partial charge in [-0.25, -0.2) is 0 Å². The molecule has 29 heavy (non-hydrogen) atoms. The van der Waals surface area contributed by atoms with E-state index in [-0.39, 0.29) is 11.8 Å². The number of nitrogens with one attached hydrogen (secondary N) is 1. The lowest BCUT2D eigenvalue weighted by atomic mass is 10.1. The summed E-state index contributed by atoms with van der Waals surface area (Å²) < 4.78 is 0. The molecule has 2 aromatic rings. The van der Waals surface area contributed by atoms with Gasteiger partial charge in [0.1, 0.15) is 0 Å². The zero-order chi connectivity index (χ0) is 21.9. The Morgan fingerprint density at radius 1 is 0.828 bits per heavy atom. The van der Waals surface area contributed by atoms with Crippen molar-refractivity contribution in [2.75, 3.05) is 0 Å². The molecule has 1 heterocycles. The van der Waals surface area contributed by atoms with Gasteiger partial charge in [0, 0.05) is 12.2 Å². The van der Waals surface area contributed by atoms with Crippen LogP contribution in [0.4, 0.5) is 0 Å². The van der Waals surface area contributed by atoms with E-state index in [9.17, 15) is 9.59 Å². The Hall–Kier alpha value is -4.23. The van der Waals surface area contributed by atoms with Crippen LogP contribution < -0.4 is 5.32 Å². The molecule has 4 heteroatoms. The highest BCUT2D eigenvalue weighted by molar-refractivity contribution is 6.33. The minimum atomic E-state index is -0.344. The normalized spacial score (nSPS) is 10.5. The molecule has 0 saturated carbocycles. The smallest absolute Gasteiger partial charge is 0.258 e. The van der Waals surface area contributed by atoms with Crippen molar-refractivity contribution in [3.8, 4) is 6.07 Å². The number of hydrogen-bond donors (Lipinski definition) is 1. The number of amides is 2. The fourth-order valence-corrected chi connectivity index (χ4v) is 1.83. The molecule has 0 atom stereocenters. The van der Waals surface area contributed by atoms with Gasteiger partial charge in [-0.05, 0) is 11.1 Å².